The Morgan fingerprint density at radius 3 is 2.69 bits per heavy atom. The summed E-state index contributed by atoms with van der Waals surface area (Å²) >= 11 is 6.04. The molecule has 0 amide bonds. The molecule has 3 aromatic rings. The van der Waals surface area contributed by atoms with Crippen LogP contribution in [-0.2, 0) is 30.0 Å². The van der Waals surface area contributed by atoms with Gasteiger partial charge in [-0.15, -0.1) is 0 Å². The zero-order valence-corrected chi connectivity index (χ0v) is 16.1. The zero-order valence-electron chi connectivity index (χ0n) is 14.6. The molecule has 0 spiro atoms. The third-order valence-electron chi connectivity index (χ3n) is 5.02. The smallest absolute Gasteiger partial charge is 0.247 e. The van der Waals surface area contributed by atoms with Gasteiger partial charge in [0.15, 0.2) is 0 Å². The molecule has 2 aromatic carbocycles. The second-order valence-electron chi connectivity index (χ2n) is 6.39. The predicted octanol–water partition coefficient (Wildman–Crippen LogP) is 3.59. The average molecular weight is 391 g/mol. The molecule has 0 fully saturated rings. The summed E-state index contributed by atoms with van der Waals surface area (Å²) in [6, 6.07) is 12.8. The average Bonchev–Trinajstić information content (AvgIpc) is 2.94. The third-order valence-corrected chi connectivity index (χ3v) is 7.13. The van der Waals surface area contributed by atoms with Gasteiger partial charge < -0.3 is 9.30 Å². The van der Waals surface area contributed by atoms with Crippen molar-refractivity contribution in [3.8, 4) is 5.75 Å². The maximum atomic E-state index is 13.2. The van der Waals surface area contributed by atoms with E-state index in [2.05, 4.69) is 16.7 Å². The highest BCUT2D eigenvalue weighted by Gasteiger charge is 2.33. The normalized spacial score (nSPS) is 15.2. The number of benzene rings is 2. The zero-order chi connectivity index (χ0) is 18.5. The van der Waals surface area contributed by atoms with Crippen molar-refractivity contribution in [2.75, 3.05) is 13.7 Å². The van der Waals surface area contributed by atoms with Crippen LogP contribution in [0.4, 0.5) is 0 Å². The van der Waals surface area contributed by atoms with Gasteiger partial charge in [-0.1, -0.05) is 29.8 Å². The standard InChI is InChI=1S/C19H19ClN2O3S/c1-21-16-6-4-3-5-14(16)15-9-10-22(12-17(15)21)26(23,24)19-11-13(20)7-8-18(19)25-2/h3-8,11H,9-10,12H2,1-2H3. The molecule has 0 atom stereocenters. The summed E-state index contributed by atoms with van der Waals surface area (Å²) in [5, 5.41) is 1.56. The Labute approximate surface area is 157 Å². The maximum absolute atomic E-state index is 13.2. The van der Waals surface area contributed by atoms with Crippen molar-refractivity contribution < 1.29 is 13.2 Å². The number of fused-ring (bicyclic) bond motifs is 3. The lowest BCUT2D eigenvalue weighted by molar-refractivity contribution is 0.372. The third kappa shape index (κ3) is 2.60. The molecule has 5 nitrogen and oxygen atoms in total. The van der Waals surface area contributed by atoms with Crippen molar-refractivity contribution in [3.05, 3.63) is 58.7 Å². The molecule has 0 saturated heterocycles. The Hall–Kier alpha value is -2.02. The van der Waals surface area contributed by atoms with Crippen LogP contribution in [0.15, 0.2) is 47.4 Å². The van der Waals surface area contributed by atoms with Gasteiger partial charge in [-0.2, -0.15) is 4.31 Å². The van der Waals surface area contributed by atoms with Crippen LogP contribution in [-0.4, -0.2) is 30.9 Å². The number of nitrogens with zero attached hydrogens (tertiary/aromatic N) is 2. The van der Waals surface area contributed by atoms with Gasteiger partial charge >= 0.3 is 0 Å². The lowest BCUT2D eigenvalue weighted by atomic mass is 10.1. The highest BCUT2D eigenvalue weighted by Crippen LogP contribution is 2.35. The van der Waals surface area contributed by atoms with E-state index >= 15 is 0 Å². The van der Waals surface area contributed by atoms with Gasteiger partial charge in [0.25, 0.3) is 0 Å². The molecule has 26 heavy (non-hydrogen) atoms. The van der Waals surface area contributed by atoms with Crippen LogP contribution < -0.4 is 4.74 Å². The van der Waals surface area contributed by atoms with Crippen molar-refractivity contribution in [2.24, 2.45) is 7.05 Å². The van der Waals surface area contributed by atoms with Crippen LogP contribution in [0.5, 0.6) is 5.75 Å². The number of aryl methyl sites for hydroxylation is 1. The molecular weight excluding hydrogens is 372 g/mol. The molecule has 0 radical (unpaired) electrons. The first kappa shape index (κ1) is 17.4. The number of methoxy groups -OCH3 is 1. The SMILES string of the molecule is COc1ccc(Cl)cc1S(=O)(=O)N1CCc2c(n(C)c3ccccc23)C1. The molecular formula is C19H19ClN2O3S. The van der Waals surface area contributed by atoms with Gasteiger partial charge in [0.1, 0.15) is 10.6 Å². The van der Waals surface area contributed by atoms with Crippen molar-refractivity contribution in [1.29, 1.82) is 0 Å². The summed E-state index contributed by atoms with van der Waals surface area (Å²) in [4.78, 5) is 0.106. The van der Waals surface area contributed by atoms with Crippen LogP contribution in [0.25, 0.3) is 10.9 Å². The quantitative estimate of drug-likeness (QED) is 0.686. The topological polar surface area (TPSA) is 51.5 Å². The minimum atomic E-state index is -3.71. The molecule has 1 aromatic heterocycles. The summed E-state index contributed by atoms with van der Waals surface area (Å²) in [6.07, 6.45) is 0.679. The second kappa shape index (κ2) is 6.30. The number of hydrogen-bond acceptors (Lipinski definition) is 3. The number of hydrogen-bond donors (Lipinski definition) is 0. The lowest BCUT2D eigenvalue weighted by Crippen LogP contribution is -2.36. The molecule has 0 saturated carbocycles. The van der Waals surface area contributed by atoms with E-state index in [1.165, 1.54) is 28.4 Å². The fourth-order valence-electron chi connectivity index (χ4n) is 3.68. The number of ether oxygens (including phenoxy) is 1. The van der Waals surface area contributed by atoms with E-state index in [4.69, 9.17) is 16.3 Å². The molecule has 0 unspecified atom stereocenters. The van der Waals surface area contributed by atoms with Crippen molar-refractivity contribution in [2.45, 2.75) is 17.9 Å². The number of sulfonamides is 1. The Kier molecular flexibility index (Phi) is 4.22. The highest BCUT2D eigenvalue weighted by atomic mass is 35.5. The summed E-state index contributed by atoms with van der Waals surface area (Å²) in [6.45, 7) is 0.761. The number of para-hydroxylation sites is 1. The molecule has 4 rings (SSSR count). The highest BCUT2D eigenvalue weighted by molar-refractivity contribution is 7.89. The Bertz CT molecular complexity index is 1110. The number of rotatable bonds is 3. The summed E-state index contributed by atoms with van der Waals surface area (Å²) in [5.41, 5.74) is 3.38. The van der Waals surface area contributed by atoms with Crippen molar-refractivity contribution in [3.63, 3.8) is 0 Å². The van der Waals surface area contributed by atoms with E-state index < -0.39 is 10.0 Å². The fraction of sp³-hybridized carbons (Fsp3) is 0.263. The van der Waals surface area contributed by atoms with Crippen molar-refractivity contribution in [1.82, 2.24) is 8.87 Å². The van der Waals surface area contributed by atoms with E-state index in [0.29, 0.717) is 30.3 Å². The summed E-state index contributed by atoms with van der Waals surface area (Å²) < 4.78 is 35.3. The first-order valence-electron chi connectivity index (χ1n) is 8.32. The van der Waals surface area contributed by atoms with Gasteiger partial charge in [-0.3, -0.25) is 0 Å². The Balaban J connectivity index is 1.78. The minimum Gasteiger partial charge on any atom is -0.495 e. The van der Waals surface area contributed by atoms with Crippen molar-refractivity contribution >= 4 is 32.5 Å². The van der Waals surface area contributed by atoms with Crippen LogP contribution in [0.3, 0.4) is 0 Å². The van der Waals surface area contributed by atoms with E-state index in [1.54, 1.807) is 12.1 Å². The number of aromatic nitrogens is 1. The Morgan fingerprint density at radius 1 is 1.15 bits per heavy atom. The summed E-state index contributed by atoms with van der Waals surface area (Å²) in [5.74, 6) is 0.303. The molecule has 136 valence electrons. The van der Waals surface area contributed by atoms with E-state index in [0.717, 1.165) is 11.2 Å². The van der Waals surface area contributed by atoms with Gasteiger partial charge in [0.2, 0.25) is 10.0 Å². The second-order valence-corrected chi connectivity index (χ2v) is 8.73. The van der Waals surface area contributed by atoms with E-state index in [-0.39, 0.29) is 4.90 Å². The fourth-order valence-corrected chi connectivity index (χ4v) is 5.50. The molecule has 1 aliphatic rings. The van der Waals surface area contributed by atoms with E-state index in [9.17, 15) is 8.42 Å². The first-order valence-corrected chi connectivity index (χ1v) is 10.1. The maximum Gasteiger partial charge on any atom is 0.247 e. The Morgan fingerprint density at radius 2 is 1.92 bits per heavy atom. The largest absolute Gasteiger partial charge is 0.495 e. The van der Waals surface area contributed by atoms with Crippen LogP contribution in [0.2, 0.25) is 5.02 Å². The first-order chi connectivity index (χ1) is 12.4. The van der Waals surface area contributed by atoms with Gasteiger partial charge in [0, 0.05) is 35.2 Å². The molecule has 0 N–H and O–H groups in total. The molecule has 1 aliphatic heterocycles. The van der Waals surface area contributed by atoms with Gasteiger partial charge in [0.05, 0.1) is 13.7 Å². The van der Waals surface area contributed by atoms with Crippen LogP contribution >= 0.6 is 11.6 Å². The monoisotopic (exact) mass is 390 g/mol. The molecule has 0 bridgehead atoms. The molecule has 7 heteroatoms. The van der Waals surface area contributed by atoms with Crippen LogP contribution in [0.1, 0.15) is 11.3 Å². The molecule has 0 aliphatic carbocycles. The minimum absolute atomic E-state index is 0.106. The van der Waals surface area contributed by atoms with Gasteiger partial charge in [-0.05, 0) is 36.2 Å². The molecule has 2 heterocycles. The lowest BCUT2D eigenvalue weighted by Gasteiger charge is -2.28. The summed E-state index contributed by atoms with van der Waals surface area (Å²) in [7, 11) is -0.271. The van der Waals surface area contributed by atoms with E-state index in [1.807, 2.05) is 19.2 Å². The van der Waals surface area contributed by atoms with Crippen LogP contribution in [0, 0.1) is 0 Å². The number of halogens is 1. The predicted molar refractivity (Wildman–Crippen MR) is 102 cm³/mol. The van der Waals surface area contributed by atoms with Gasteiger partial charge in [-0.25, -0.2) is 8.42 Å².